The number of benzene rings is 1. The fraction of sp³-hybridized carbons (Fsp3) is 0.500. The minimum atomic E-state index is -0.320. The van der Waals surface area contributed by atoms with Crippen molar-refractivity contribution in [3.8, 4) is 5.75 Å². The SMILES string of the molecule is CCC(C)(C)NCc1cc(F)ccc1O. The van der Waals surface area contributed by atoms with E-state index in [1.807, 2.05) is 0 Å². The second kappa shape index (κ2) is 4.62. The minimum absolute atomic E-state index is 0.00123. The van der Waals surface area contributed by atoms with Crippen molar-refractivity contribution < 1.29 is 9.50 Å². The summed E-state index contributed by atoms with van der Waals surface area (Å²) in [4.78, 5) is 0. The highest BCUT2D eigenvalue weighted by Gasteiger charge is 2.14. The van der Waals surface area contributed by atoms with Gasteiger partial charge >= 0.3 is 0 Å². The number of nitrogens with one attached hydrogen (secondary N) is 1. The van der Waals surface area contributed by atoms with Crippen molar-refractivity contribution in [1.82, 2.24) is 5.32 Å². The normalized spacial score (nSPS) is 11.7. The summed E-state index contributed by atoms with van der Waals surface area (Å²) >= 11 is 0. The van der Waals surface area contributed by atoms with Crippen LogP contribution in [0.3, 0.4) is 0 Å². The molecular formula is C12H18FNO. The van der Waals surface area contributed by atoms with Crippen LogP contribution in [0.15, 0.2) is 18.2 Å². The lowest BCUT2D eigenvalue weighted by Gasteiger charge is -2.24. The number of phenols is 1. The van der Waals surface area contributed by atoms with Crippen LogP contribution >= 0.6 is 0 Å². The largest absolute Gasteiger partial charge is 0.508 e. The molecule has 0 aliphatic heterocycles. The van der Waals surface area contributed by atoms with Gasteiger partial charge in [0.25, 0.3) is 0 Å². The van der Waals surface area contributed by atoms with Crippen LogP contribution in [0.2, 0.25) is 0 Å². The molecule has 2 N–H and O–H groups in total. The van der Waals surface area contributed by atoms with Crippen molar-refractivity contribution >= 4 is 0 Å². The summed E-state index contributed by atoms with van der Waals surface area (Å²) in [6.45, 7) is 6.70. The maximum atomic E-state index is 12.9. The fourth-order valence-electron chi connectivity index (χ4n) is 1.16. The Hall–Kier alpha value is -1.09. The molecule has 0 atom stereocenters. The van der Waals surface area contributed by atoms with Crippen molar-refractivity contribution in [1.29, 1.82) is 0 Å². The lowest BCUT2D eigenvalue weighted by Crippen LogP contribution is -2.37. The predicted molar refractivity (Wildman–Crippen MR) is 59.3 cm³/mol. The number of rotatable bonds is 4. The van der Waals surface area contributed by atoms with Gasteiger partial charge in [0.15, 0.2) is 0 Å². The van der Waals surface area contributed by atoms with Gasteiger partial charge in [0, 0.05) is 17.6 Å². The second-order valence-corrected chi connectivity index (χ2v) is 4.36. The molecule has 1 rings (SSSR count). The quantitative estimate of drug-likeness (QED) is 0.802. The van der Waals surface area contributed by atoms with Crippen molar-refractivity contribution in [2.24, 2.45) is 0 Å². The van der Waals surface area contributed by atoms with Gasteiger partial charge in [-0.15, -0.1) is 0 Å². The summed E-state index contributed by atoms with van der Waals surface area (Å²) in [7, 11) is 0. The average Bonchev–Trinajstić information content (AvgIpc) is 2.20. The van der Waals surface area contributed by atoms with Gasteiger partial charge in [0.1, 0.15) is 11.6 Å². The Morgan fingerprint density at radius 3 is 2.67 bits per heavy atom. The second-order valence-electron chi connectivity index (χ2n) is 4.36. The summed E-state index contributed by atoms with van der Waals surface area (Å²) < 4.78 is 12.9. The topological polar surface area (TPSA) is 32.3 Å². The van der Waals surface area contributed by atoms with Crippen molar-refractivity contribution in [3.63, 3.8) is 0 Å². The molecule has 0 amide bonds. The predicted octanol–water partition coefficient (Wildman–Crippen LogP) is 2.81. The van der Waals surface area contributed by atoms with Gasteiger partial charge < -0.3 is 10.4 Å². The molecular weight excluding hydrogens is 193 g/mol. The lowest BCUT2D eigenvalue weighted by molar-refractivity contribution is 0.368. The van der Waals surface area contributed by atoms with Gasteiger partial charge in [0.2, 0.25) is 0 Å². The van der Waals surface area contributed by atoms with Crippen molar-refractivity contribution in [2.45, 2.75) is 39.3 Å². The summed E-state index contributed by atoms with van der Waals surface area (Å²) in [5, 5.41) is 12.8. The molecule has 1 aromatic rings. The highest BCUT2D eigenvalue weighted by molar-refractivity contribution is 5.32. The van der Waals surface area contributed by atoms with Crippen LogP contribution in [-0.4, -0.2) is 10.6 Å². The average molecular weight is 211 g/mol. The van der Waals surface area contributed by atoms with Gasteiger partial charge in [-0.2, -0.15) is 0 Å². The Labute approximate surface area is 90.1 Å². The molecule has 0 fully saturated rings. The monoisotopic (exact) mass is 211 g/mol. The molecule has 0 aromatic heterocycles. The fourth-order valence-corrected chi connectivity index (χ4v) is 1.16. The van der Waals surface area contributed by atoms with Gasteiger partial charge in [-0.1, -0.05) is 6.92 Å². The van der Waals surface area contributed by atoms with E-state index >= 15 is 0 Å². The van der Waals surface area contributed by atoms with E-state index in [2.05, 4.69) is 26.1 Å². The van der Waals surface area contributed by atoms with Gasteiger partial charge in [0.05, 0.1) is 0 Å². The molecule has 2 nitrogen and oxygen atoms in total. The molecule has 15 heavy (non-hydrogen) atoms. The Morgan fingerprint density at radius 2 is 2.07 bits per heavy atom. The maximum Gasteiger partial charge on any atom is 0.123 e. The Balaban J connectivity index is 2.69. The molecule has 0 bridgehead atoms. The standard InChI is InChI=1S/C12H18FNO/c1-4-12(2,3)14-8-9-7-10(13)5-6-11(9)15/h5-7,14-15H,4,8H2,1-3H3. The van der Waals surface area contributed by atoms with Crippen LogP contribution in [0, 0.1) is 5.82 Å². The molecule has 3 heteroatoms. The first kappa shape index (κ1) is 12.0. The zero-order valence-electron chi connectivity index (χ0n) is 9.47. The first-order valence-electron chi connectivity index (χ1n) is 5.17. The lowest BCUT2D eigenvalue weighted by atomic mass is 10.0. The molecule has 0 aliphatic rings. The number of hydrogen-bond donors (Lipinski definition) is 2. The third kappa shape index (κ3) is 3.51. The van der Waals surface area contributed by atoms with E-state index in [-0.39, 0.29) is 17.1 Å². The first-order chi connectivity index (χ1) is 6.94. The van der Waals surface area contributed by atoms with Crippen LogP contribution in [-0.2, 0) is 6.54 Å². The van der Waals surface area contributed by atoms with E-state index in [9.17, 15) is 9.50 Å². The Kier molecular flexibility index (Phi) is 3.69. The third-order valence-electron chi connectivity index (χ3n) is 2.68. The number of phenolic OH excluding ortho intramolecular Hbond substituents is 1. The Morgan fingerprint density at radius 1 is 1.40 bits per heavy atom. The highest BCUT2D eigenvalue weighted by Crippen LogP contribution is 2.19. The summed E-state index contributed by atoms with van der Waals surface area (Å²) in [6.07, 6.45) is 0.975. The van der Waals surface area contributed by atoms with Crippen LogP contribution in [0.5, 0.6) is 5.75 Å². The molecule has 0 saturated heterocycles. The highest BCUT2D eigenvalue weighted by atomic mass is 19.1. The van der Waals surface area contributed by atoms with E-state index in [1.165, 1.54) is 18.2 Å². The zero-order valence-corrected chi connectivity index (χ0v) is 9.47. The molecule has 0 spiro atoms. The van der Waals surface area contributed by atoms with Crippen molar-refractivity contribution in [3.05, 3.63) is 29.6 Å². The van der Waals surface area contributed by atoms with Crippen molar-refractivity contribution in [2.75, 3.05) is 0 Å². The first-order valence-corrected chi connectivity index (χ1v) is 5.17. The number of aromatic hydroxyl groups is 1. The van der Waals surface area contributed by atoms with E-state index < -0.39 is 0 Å². The molecule has 0 unspecified atom stereocenters. The smallest absolute Gasteiger partial charge is 0.123 e. The summed E-state index contributed by atoms with van der Waals surface area (Å²) in [5.74, 6) is -0.185. The van der Waals surface area contributed by atoms with E-state index in [0.29, 0.717) is 12.1 Å². The van der Waals surface area contributed by atoms with Crippen LogP contribution < -0.4 is 5.32 Å². The third-order valence-corrected chi connectivity index (χ3v) is 2.68. The molecule has 1 aromatic carbocycles. The maximum absolute atomic E-state index is 12.9. The number of hydrogen-bond acceptors (Lipinski definition) is 2. The molecule has 0 heterocycles. The summed E-state index contributed by atoms with van der Waals surface area (Å²) in [6, 6.07) is 3.99. The minimum Gasteiger partial charge on any atom is -0.508 e. The van der Waals surface area contributed by atoms with E-state index in [4.69, 9.17) is 0 Å². The zero-order chi connectivity index (χ0) is 11.5. The van der Waals surface area contributed by atoms with Crippen LogP contribution in [0.1, 0.15) is 32.8 Å². The molecule has 84 valence electrons. The van der Waals surface area contributed by atoms with Gasteiger partial charge in [-0.25, -0.2) is 4.39 Å². The molecule has 0 radical (unpaired) electrons. The Bertz CT molecular complexity index is 336. The van der Waals surface area contributed by atoms with Crippen LogP contribution in [0.4, 0.5) is 4.39 Å². The van der Waals surface area contributed by atoms with E-state index in [0.717, 1.165) is 6.42 Å². The molecule has 0 saturated carbocycles. The molecule has 0 aliphatic carbocycles. The van der Waals surface area contributed by atoms with Crippen LogP contribution in [0.25, 0.3) is 0 Å². The summed E-state index contributed by atoms with van der Waals surface area (Å²) in [5.41, 5.74) is 0.593. The van der Waals surface area contributed by atoms with E-state index in [1.54, 1.807) is 0 Å². The number of halogens is 1. The van der Waals surface area contributed by atoms with Gasteiger partial charge in [-0.05, 0) is 38.5 Å². The van der Waals surface area contributed by atoms with Gasteiger partial charge in [-0.3, -0.25) is 0 Å².